The Bertz CT molecular complexity index is 644. The minimum absolute atomic E-state index is 0.0305. The van der Waals surface area contributed by atoms with E-state index in [2.05, 4.69) is 0 Å². The number of methoxy groups -OCH3 is 1. The molecule has 1 fully saturated rings. The number of carbonyl (C=O) groups excluding carboxylic acids is 1. The summed E-state index contributed by atoms with van der Waals surface area (Å²) in [6, 6.07) is 4.35. The first-order valence-electron chi connectivity index (χ1n) is 6.70. The minimum atomic E-state index is -3.84. The van der Waals surface area contributed by atoms with E-state index in [-0.39, 0.29) is 16.9 Å². The summed E-state index contributed by atoms with van der Waals surface area (Å²) < 4.78 is 28.1. The molecule has 0 saturated carbocycles. The second-order valence-corrected chi connectivity index (χ2v) is 7.73. The number of benzene rings is 1. The van der Waals surface area contributed by atoms with E-state index in [4.69, 9.17) is 15.4 Å². The van der Waals surface area contributed by atoms with Crippen LogP contribution >= 0.6 is 10.7 Å². The van der Waals surface area contributed by atoms with Gasteiger partial charge in [0.05, 0.1) is 11.0 Å². The predicted octanol–water partition coefficient (Wildman–Crippen LogP) is 2.17. The van der Waals surface area contributed by atoms with Crippen LogP contribution in [0.5, 0.6) is 0 Å². The molecular weight excluding hydrogens is 314 g/mol. The Balaban J connectivity index is 2.30. The quantitative estimate of drug-likeness (QED) is 0.796. The van der Waals surface area contributed by atoms with Crippen molar-refractivity contribution in [2.75, 3.05) is 20.2 Å². The standard InChI is InChI=1S/C14H18ClNO4S/c1-10-5-6-12(21(15,18)19)8-13(10)14(17)16-7-3-4-11(9-16)20-2/h5-6,8,11H,3-4,7,9H2,1-2H3. The summed E-state index contributed by atoms with van der Waals surface area (Å²) in [5.74, 6) is -0.184. The van der Waals surface area contributed by atoms with Gasteiger partial charge in [0.2, 0.25) is 0 Å². The highest BCUT2D eigenvalue weighted by molar-refractivity contribution is 8.13. The predicted molar refractivity (Wildman–Crippen MR) is 80.2 cm³/mol. The number of ether oxygens (including phenoxy) is 1. The highest BCUT2D eigenvalue weighted by atomic mass is 35.7. The monoisotopic (exact) mass is 331 g/mol. The maximum absolute atomic E-state index is 12.6. The molecule has 0 N–H and O–H groups in total. The van der Waals surface area contributed by atoms with E-state index < -0.39 is 9.05 Å². The van der Waals surface area contributed by atoms with Crippen molar-refractivity contribution in [3.8, 4) is 0 Å². The third-order valence-electron chi connectivity index (χ3n) is 3.72. The van der Waals surface area contributed by atoms with Gasteiger partial charge in [-0.05, 0) is 37.5 Å². The molecular formula is C14H18ClNO4S. The average Bonchev–Trinajstić information content (AvgIpc) is 2.46. The normalized spacial score (nSPS) is 19.6. The number of carbonyl (C=O) groups is 1. The Morgan fingerprint density at radius 1 is 1.43 bits per heavy atom. The van der Waals surface area contributed by atoms with E-state index in [1.807, 2.05) is 0 Å². The number of aryl methyl sites for hydroxylation is 1. The Morgan fingerprint density at radius 2 is 2.14 bits per heavy atom. The summed E-state index contributed by atoms with van der Waals surface area (Å²) >= 11 is 0. The molecule has 0 aliphatic carbocycles. The number of piperidine rings is 1. The van der Waals surface area contributed by atoms with Gasteiger partial charge in [0, 0.05) is 36.4 Å². The zero-order valence-electron chi connectivity index (χ0n) is 12.0. The molecule has 7 heteroatoms. The van der Waals surface area contributed by atoms with Crippen LogP contribution in [-0.2, 0) is 13.8 Å². The number of likely N-dealkylation sites (tertiary alicyclic amines) is 1. The fourth-order valence-corrected chi connectivity index (χ4v) is 3.25. The van der Waals surface area contributed by atoms with Gasteiger partial charge >= 0.3 is 0 Å². The smallest absolute Gasteiger partial charge is 0.261 e. The number of rotatable bonds is 3. The number of hydrogen-bond acceptors (Lipinski definition) is 4. The van der Waals surface area contributed by atoms with E-state index >= 15 is 0 Å². The first-order valence-corrected chi connectivity index (χ1v) is 9.01. The van der Waals surface area contributed by atoms with E-state index in [1.54, 1.807) is 25.0 Å². The molecule has 1 heterocycles. The van der Waals surface area contributed by atoms with Gasteiger partial charge in [-0.15, -0.1) is 0 Å². The van der Waals surface area contributed by atoms with E-state index in [9.17, 15) is 13.2 Å². The van der Waals surface area contributed by atoms with Crippen molar-refractivity contribution in [1.82, 2.24) is 4.90 Å². The van der Waals surface area contributed by atoms with Crippen LogP contribution in [0, 0.1) is 6.92 Å². The van der Waals surface area contributed by atoms with Crippen LogP contribution in [-0.4, -0.2) is 45.5 Å². The molecule has 21 heavy (non-hydrogen) atoms. The Morgan fingerprint density at radius 3 is 2.76 bits per heavy atom. The van der Waals surface area contributed by atoms with Gasteiger partial charge in [0.1, 0.15) is 0 Å². The molecule has 0 aromatic heterocycles. The average molecular weight is 332 g/mol. The van der Waals surface area contributed by atoms with E-state index in [0.717, 1.165) is 18.4 Å². The van der Waals surface area contributed by atoms with Crippen LogP contribution in [0.4, 0.5) is 0 Å². The van der Waals surface area contributed by atoms with Crippen molar-refractivity contribution in [3.63, 3.8) is 0 Å². The summed E-state index contributed by atoms with van der Waals surface area (Å²) in [6.45, 7) is 2.94. The van der Waals surface area contributed by atoms with E-state index in [0.29, 0.717) is 18.7 Å². The molecule has 1 aliphatic rings. The number of nitrogens with zero attached hydrogens (tertiary/aromatic N) is 1. The molecule has 1 aliphatic heterocycles. The molecule has 0 spiro atoms. The van der Waals surface area contributed by atoms with Crippen molar-refractivity contribution in [1.29, 1.82) is 0 Å². The van der Waals surface area contributed by atoms with Crippen molar-refractivity contribution in [3.05, 3.63) is 29.3 Å². The molecule has 116 valence electrons. The fraction of sp³-hybridized carbons (Fsp3) is 0.500. The molecule has 1 atom stereocenters. The molecule has 1 aromatic rings. The summed E-state index contributed by atoms with van der Waals surface area (Å²) in [7, 11) is 3.13. The van der Waals surface area contributed by atoms with Crippen LogP contribution in [0.3, 0.4) is 0 Å². The summed E-state index contributed by atoms with van der Waals surface area (Å²) in [6.07, 6.45) is 1.83. The van der Waals surface area contributed by atoms with Gasteiger partial charge in [0.25, 0.3) is 15.0 Å². The largest absolute Gasteiger partial charge is 0.380 e. The lowest BCUT2D eigenvalue weighted by Gasteiger charge is -2.32. The van der Waals surface area contributed by atoms with Crippen molar-refractivity contribution < 1.29 is 17.9 Å². The molecule has 1 unspecified atom stereocenters. The zero-order chi connectivity index (χ0) is 15.6. The summed E-state index contributed by atoms with van der Waals surface area (Å²) in [5.41, 5.74) is 1.09. The number of hydrogen-bond donors (Lipinski definition) is 0. The SMILES string of the molecule is COC1CCCN(C(=O)c2cc(S(=O)(=O)Cl)ccc2C)C1. The highest BCUT2D eigenvalue weighted by Crippen LogP contribution is 2.22. The zero-order valence-corrected chi connectivity index (χ0v) is 13.6. The molecule has 2 rings (SSSR count). The third-order valence-corrected chi connectivity index (χ3v) is 5.07. The fourth-order valence-electron chi connectivity index (χ4n) is 2.47. The Kier molecular flexibility index (Phi) is 4.91. The molecule has 5 nitrogen and oxygen atoms in total. The van der Waals surface area contributed by atoms with Crippen LogP contribution < -0.4 is 0 Å². The summed E-state index contributed by atoms with van der Waals surface area (Å²) in [4.78, 5) is 14.2. The third kappa shape index (κ3) is 3.75. The van der Waals surface area contributed by atoms with Crippen molar-refractivity contribution in [2.24, 2.45) is 0 Å². The van der Waals surface area contributed by atoms with Crippen LogP contribution in [0.25, 0.3) is 0 Å². The lowest BCUT2D eigenvalue weighted by molar-refractivity contribution is 0.0268. The van der Waals surface area contributed by atoms with Gasteiger partial charge in [-0.3, -0.25) is 4.79 Å². The second-order valence-electron chi connectivity index (χ2n) is 5.17. The van der Waals surface area contributed by atoms with Gasteiger partial charge < -0.3 is 9.64 Å². The van der Waals surface area contributed by atoms with Crippen LogP contribution in [0.1, 0.15) is 28.8 Å². The first kappa shape index (κ1) is 16.3. The molecule has 0 bridgehead atoms. The first-order chi connectivity index (χ1) is 9.82. The molecule has 1 amide bonds. The highest BCUT2D eigenvalue weighted by Gasteiger charge is 2.26. The number of halogens is 1. The maximum Gasteiger partial charge on any atom is 0.261 e. The lowest BCUT2D eigenvalue weighted by Crippen LogP contribution is -2.43. The van der Waals surface area contributed by atoms with Gasteiger partial charge in [0.15, 0.2) is 0 Å². The lowest BCUT2D eigenvalue weighted by atomic mass is 10.0. The summed E-state index contributed by atoms with van der Waals surface area (Å²) in [5, 5.41) is 0. The van der Waals surface area contributed by atoms with Gasteiger partial charge in [-0.1, -0.05) is 6.07 Å². The van der Waals surface area contributed by atoms with Crippen molar-refractivity contribution >= 4 is 25.6 Å². The van der Waals surface area contributed by atoms with E-state index in [1.165, 1.54) is 12.1 Å². The second kappa shape index (κ2) is 6.34. The topological polar surface area (TPSA) is 63.7 Å². The van der Waals surface area contributed by atoms with Gasteiger partial charge in [-0.25, -0.2) is 8.42 Å². The minimum Gasteiger partial charge on any atom is -0.380 e. The molecule has 0 radical (unpaired) electrons. The van der Waals surface area contributed by atoms with Crippen LogP contribution in [0.2, 0.25) is 0 Å². The van der Waals surface area contributed by atoms with Crippen molar-refractivity contribution in [2.45, 2.75) is 30.8 Å². The van der Waals surface area contributed by atoms with Crippen LogP contribution in [0.15, 0.2) is 23.1 Å². The number of amides is 1. The maximum atomic E-state index is 12.6. The molecule has 1 aromatic carbocycles. The van der Waals surface area contributed by atoms with Gasteiger partial charge in [-0.2, -0.15) is 0 Å². The Labute approximate surface area is 129 Å². The Hall–Kier alpha value is -1.11. The molecule has 1 saturated heterocycles.